The van der Waals surface area contributed by atoms with Gasteiger partial charge in [0, 0.05) is 11.6 Å². The molecule has 0 spiro atoms. The van der Waals surface area contributed by atoms with Crippen molar-refractivity contribution in [2.45, 2.75) is 57.8 Å². The minimum absolute atomic E-state index is 0.416. The summed E-state index contributed by atoms with van der Waals surface area (Å²) in [6, 6.07) is 2.07. The summed E-state index contributed by atoms with van der Waals surface area (Å²) >= 11 is 5.31. The second-order valence-corrected chi connectivity index (χ2v) is 6.70. The largest absolute Gasteiger partial charge is 0.347 e. The first-order chi connectivity index (χ1) is 8.06. The number of aromatic nitrogens is 2. The molecule has 17 heavy (non-hydrogen) atoms. The van der Waals surface area contributed by atoms with E-state index in [1.165, 1.54) is 37.8 Å². The highest BCUT2D eigenvalue weighted by atomic mass is 32.1. The molecule has 1 atom stereocenters. The maximum Gasteiger partial charge on any atom is 0.130 e. The van der Waals surface area contributed by atoms with Crippen molar-refractivity contribution >= 4 is 12.2 Å². The SMILES string of the molecule is CC1(C)CC1c1nc(=S)cc(C2CCCC2)[nH]1. The van der Waals surface area contributed by atoms with Crippen LogP contribution in [-0.2, 0) is 0 Å². The third-order valence-corrected chi connectivity index (χ3v) is 4.63. The Kier molecular flexibility index (Phi) is 2.62. The van der Waals surface area contributed by atoms with Crippen LogP contribution in [0.2, 0.25) is 0 Å². The molecule has 2 aliphatic carbocycles. The Morgan fingerprint density at radius 2 is 2.00 bits per heavy atom. The number of hydrogen-bond donors (Lipinski definition) is 1. The monoisotopic (exact) mass is 248 g/mol. The zero-order valence-electron chi connectivity index (χ0n) is 10.6. The van der Waals surface area contributed by atoms with Gasteiger partial charge >= 0.3 is 0 Å². The van der Waals surface area contributed by atoms with Crippen LogP contribution in [-0.4, -0.2) is 9.97 Å². The molecule has 0 aliphatic heterocycles. The van der Waals surface area contributed by atoms with E-state index < -0.39 is 0 Å². The van der Waals surface area contributed by atoms with Gasteiger partial charge in [-0.15, -0.1) is 0 Å². The van der Waals surface area contributed by atoms with E-state index in [1.807, 2.05) is 0 Å². The van der Waals surface area contributed by atoms with Crippen molar-refractivity contribution in [3.05, 3.63) is 22.2 Å². The smallest absolute Gasteiger partial charge is 0.130 e. The molecule has 92 valence electrons. The number of H-pyrrole nitrogens is 1. The van der Waals surface area contributed by atoms with Gasteiger partial charge in [-0.2, -0.15) is 0 Å². The van der Waals surface area contributed by atoms with Crippen molar-refractivity contribution in [3.63, 3.8) is 0 Å². The normalized spacial score (nSPS) is 27.3. The predicted molar refractivity (Wildman–Crippen MR) is 71.8 cm³/mol. The summed E-state index contributed by atoms with van der Waals surface area (Å²) in [6.07, 6.45) is 6.57. The van der Waals surface area contributed by atoms with E-state index in [0.717, 1.165) is 10.5 Å². The summed E-state index contributed by atoms with van der Waals surface area (Å²) in [5.41, 5.74) is 1.75. The van der Waals surface area contributed by atoms with Gasteiger partial charge < -0.3 is 4.98 Å². The van der Waals surface area contributed by atoms with Crippen LogP contribution in [0.1, 0.15) is 69.3 Å². The Hall–Kier alpha value is -0.700. The summed E-state index contributed by atoms with van der Waals surface area (Å²) < 4.78 is 0.767. The molecule has 1 unspecified atom stereocenters. The van der Waals surface area contributed by atoms with Crippen molar-refractivity contribution < 1.29 is 0 Å². The summed E-state index contributed by atoms with van der Waals surface area (Å²) in [5.74, 6) is 2.41. The van der Waals surface area contributed by atoms with E-state index in [9.17, 15) is 0 Å². The van der Waals surface area contributed by atoms with Crippen molar-refractivity contribution in [1.29, 1.82) is 0 Å². The van der Waals surface area contributed by atoms with Crippen LogP contribution in [0.25, 0.3) is 0 Å². The lowest BCUT2D eigenvalue weighted by Gasteiger charge is -2.12. The summed E-state index contributed by atoms with van der Waals surface area (Å²) in [4.78, 5) is 8.09. The second kappa shape index (κ2) is 3.91. The van der Waals surface area contributed by atoms with Crippen LogP contribution >= 0.6 is 12.2 Å². The van der Waals surface area contributed by atoms with Crippen LogP contribution < -0.4 is 0 Å². The van der Waals surface area contributed by atoms with E-state index >= 15 is 0 Å². The maximum atomic E-state index is 5.31. The Morgan fingerprint density at radius 3 is 2.59 bits per heavy atom. The van der Waals surface area contributed by atoms with Gasteiger partial charge in [0.05, 0.1) is 0 Å². The minimum atomic E-state index is 0.416. The molecule has 1 aromatic rings. The molecule has 0 saturated heterocycles. The zero-order valence-corrected chi connectivity index (χ0v) is 11.4. The number of nitrogens with one attached hydrogen (secondary N) is 1. The molecule has 3 rings (SSSR count). The molecule has 1 heterocycles. The molecule has 1 N–H and O–H groups in total. The third-order valence-electron chi connectivity index (χ3n) is 4.42. The second-order valence-electron chi connectivity index (χ2n) is 6.29. The van der Waals surface area contributed by atoms with Crippen molar-refractivity contribution in [2.75, 3.05) is 0 Å². The molecule has 1 aromatic heterocycles. The molecule has 0 amide bonds. The van der Waals surface area contributed by atoms with Gasteiger partial charge in [0.25, 0.3) is 0 Å². The lowest BCUT2D eigenvalue weighted by Crippen LogP contribution is -2.04. The van der Waals surface area contributed by atoms with Crippen LogP contribution in [0.4, 0.5) is 0 Å². The van der Waals surface area contributed by atoms with E-state index in [1.54, 1.807) is 0 Å². The quantitative estimate of drug-likeness (QED) is 0.790. The lowest BCUT2D eigenvalue weighted by molar-refractivity contribution is 0.600. The van der Waals surface area contributed by atoms with E-state index in [2.05, 4.69) is 29.9 Å². The van der Waals surface area contributed by atoms with Crippen LogP contribution in [0, 0.1) is 10.1 Å². The highest BCUT2D eigenvalue weighted by Crippen LogP contribution is 2.57. The summed E-state index contributed by atoms with van der Waals surface area (Å²) in [6.45, 7) is 4.61. The fourth-order valence-electron chi connectivity index (χ4n) is 3.05. The zero-order chi connectivity index (χ0) is 12.0. The molecule has 2 fully saturated rings. The third kappa shape index (κ3) is 2.17. The van der Waals surface area contributed by atoms with Crippen LogP contribution in [0.15, 0.2) is 6.07 Å². The standard InChI is InChI=1S/C14H20N2S/c1-14(2)8-10(14)13-15-11(7-12(17)16-13)9-5-3-4-6-9/h7,9-10H,3-6,8H2,1-2H3,(H,15,16,17). The molecule has 2 nitrogen and oxygen atoms in total. The van der Waals surface area contributed by atoms with Gasteiger partial charge in [0.1, 0.15) is 10.5 Å². The van der Waals surface area contributed by atoms with Crippen molar-refractivity contribution in [2.24, 2.45) is 5.41 Å². The first-order valence-corrected chi connectivity index (χ1v) is 7.08. The van der Waals surface area contributed by atoms with E-state index in [0.29, 0.717) is 17.3 Å². The average molecular weight is 248 g/mol. The Morgan fingerprint density at radius 1 is 1.35 bits per heavy atom. The van der Waals surface area contributed by atoms with Crippen LogP contribution in [0.5, 0.6) is 0 Å². The van der Waals surface area contributed by atoms with E-state index in [4.69, 9.17) is 12.2 Å². The Labute approximate surface area is 108 Å². The highest BCUT2D eigenvalue weighted by Gasteiger charge is 2.48. The molecule has 3 heteroatoms. The molecule has 0 radical (unpaired) electrons. The minimum Gasteiger partial charge on any atom is -0.347 e. The van der Waals surface area contributed by atoms with Gasteiger partial charge in [-0.1, -0.05) is 38.9 Å². The Balaban J connectivity index is 1.93. The van der Waals surface area contributed by atoms with Gasteiger partial charge in [0.2, 0.25) is 0 Å². The van der Waals surface area contributed by atoms with Gasteiger partial charge in [-0.25, -0.2) is 4.98 Å². The summed E-state index contributed by atoms with van der Waals surface area (Å²) in [7, 11) is 0. The highest BCUT2D eigenvalue weighted by molar-refractivity contribution is 7.71. The molecule has 0 aromatic carbocycles. The molecular formula is C14H20N2S. The van der Waals surface area contributed by atoms with E-state index in [-0.39, 0.29) is 0 Å². The van der Waals surface area contributed by atoms with Crippen LogP contribution in [0.3, 0.4) is 0 Å². The molecule has 2 aliphatic rings. The fraction of sp³-hybridized carbons (Fsp3) is 0.714. The van der Waals surface area contributed by atoms with Gasteiger partial charge in [0.15, 0.2) is 0 Å². The van der Waals surface area contributed by atoms with Crippen molar-refractivity contribution in [1.82, 2.24) is 9.97 Å². The number of aromatic amines is 1. The number of rotatable bonds is 2. The van der Waals surface area contributed by atoms with Crippen molar-refractivity contribution in [3.8, 4) is 0 Å². The van der Waals surface area contributed by atoms with Gasteiger partial charge in [-0.3, -0.25) is 0 Å². The first-order valence-electron chi connectivity index (χ1n) is 6.67. The Bertz CT molecular complexity index is 457. The molecular weight excluding hydrogens is 228 g/mol. The first kappa shape index (κ1) is 11.4. The number of nitrogens with zero attached hydrogens (tertiary/aromatic N) is 1. The topological polar surface area (TPSA) is 28.7 Å². The maximum absolute atomic E-state index is 5.31. The van der Waals surface area contributed by atoms with Gasteiger partial charge in [-0.05, 0) is 36.7 Å². The predicted octanol–water partition coefficient (Wildman–Crippen LogP) is 4.31. The number of hydrogen-bond acceptors (Lipinski definition) is 2. The molecule has 0 bridgehead atoms. The summed E-state index contributed by atoms with van der Waals surface area (Å²) in [5, 5.41) is 0. The average Bonchev–Trinajstić information content (AvgIpc) is 2.73. The molecule has 2 saturated carbocycles. The fourth-order valence-corrected chi connectivity index (χ4v) is 3.28. The lowest BCUT2D eigenvalue weighted by atomic mass is 10.0.